The van der Waals surface area contributed by atoms with Crippen LogP contribution in [0, 0.1) is 18.3 Å². The number of ether oxygens (including phenoxy) is 2. The first-order chi connectivity index (χ1) is 5.58. The normalized spacial score (nSPS) is 22.9. The van der Waals surface area contributed by atoms with E-state index in [-0.39, 0.29) is 12.0 Å². The van der Waals surface area contributed by atoms with Gasteiger partial charge in [0, 0.05) is 0 Å². The molecule has 0 saturated carbocycles. The molecule has 1 aliphatic heterocycles. The Morgan fingerprint density at radius 1 is 1.58 bits per heavy atom. The monoisotopic (exact) mass is 169 g/mol. The van der Waals surface area contributed by atoms with Gasteiger partial charge in [0.25, 0.3) is 0 Å². The van der Waals surface area contributed by atoms with Gasteiger partial charge in [-0.1, -0.05) is 19.8 Å². The van der Waals surface area contributed by atoms with Gasteiger partial charge in [-0.15, -0.1) is 6.42 Å². The molecule has 0 aliphatic carbocycles. The molecule has 0 bridgehead atoms. The second-order valence-electron chi connectivity index (χ2n) is 3.43. The maximum absolute atomic E-state index is 5.41. The van der Waals surface area contributed by atoms with E-state index in [0.29, 0.717) is 12.7 Å². The van der Waals surface area contributed by atoms with Gasteiger partial charge in [-0.05, 0) is 12.8 Å². The van der Waals surface area contributed by atoms with E-state index in [0.717, 1.165) is 0 Å². The van der Waals surface area contributed by atoms with Crippen molar-refractivity contribution in [3.8, 4) is 12.3 Å². The van der Waals surface area contributed by atoms with Crippen molar-refractivity contribution in [1.29, 1.82) is 0 Å². The molecule has 12 heavy (non-hydrogen) atoms. The molecule has 0 amide bonds. The third-order valence-electron chi connectivity index (χ3n) is 2.31. The summed E-state index contributed by atoms with van der Waals surface area (Å²) in [6.45, 7) is 6.44. The van der Waals surface area contributed by atoms with Crippen LogP contribution in [0.2, 0.25) is 0 Å². The zero-order valence-electron chi connectivity index (χ0n) is 7.76. The first-order valence-electron chi connectivity index (χ1n) is 4.07. The third-order valence-corrected chi connectivity index (χ3v) is 2.31. The molecule has 0 aromatic rings. The van der Waals surface area contributed by atoms with Crippen LogP contribution in [0.1, 0.15) is 20.8 Å². The smallest absolute Gasteiger partial charge is 0.221 e. The molecular formula is C9H15NO2. The number of terminal acetylenes is 1. The molecule has 1 N–H and O–H groups in total. The summed E-state index contributed by atoms with van der Waals surface area (Å²) in [5.74, 6) is 3.05. The van der Waals surface area contributed by atoms with Crippen molar-refractivity contribution in [2.45, 2.75) is 32.7 Å². The highest BCUT2D eigenvalue weighted by atomic mass is 16.9. The summed E-state index contributed by atoms with van der Waals surface area (Å²) >= 11 is 0. The highest BCUT2D eigenvalue weighted by Gasteiger charge is 2.32. The molecule has 3 nitrogen and oxygen atoms in total. The number of nitrogens with one attached hydrogen (secondary N) is 1. The van der Waals surface area contributed by atoms with Crippen molar-refractivity contribution in [3.05, 3.63) is 0 Å². The molecule has 1 rings (SSSR count). The topological polar surface area (TPSA) is 30.5 Å². The van der Waals surface area contributed by atoms with Gasteiger partial charge in [0.1, 0.15) is 0 Å². The molecule has 1 aliphatic rings. The van der Waals surface area contributed by atoms with E-state index in [1.54, 1.807) is 0 Å². The van der Waals surface area contributed by atoms with Crippen LogP contribution in [0.15, 0.2) is 0 Å². The molecule has 0 aromatic heterocycles. The zero-order valence-corrected chi connectivity index (χ0v) is 7.76. The van der Waals surface area contributed by atoms with Gasteiger partial charge in [0.05, 0.1) is 5.54 Å². The molecule has 1 saturated heterocycles. The average Bonchev–Trinajstić information content (AvgIpc) is 1.96. The average molecular weight is 169 g/mol. The van der Waals surface area contributed by atoms with Gasteiger partial charge in [-0.25, -0.2) is 0 Å². The van der Waals surface area contributed by atoms with Crippen LogP contribution in [0.25, 0.3) is 0 Å². The highest BCUT2D eigenvalue weighted by molar-refractivity contribution is 5.12. The Bertz CT molecular complexity index is 193. The van der Waals surface area contributed by atoms with E-state index in [1.165, 1.54) is 0 Å². The molecule has 0 spiro atoms. The Morgan fingerprint density at radius 3 is 2.42 bits per heavy atom. The summed E-state index contributed by atoms with van der Waals surface area (Å²) in [5.41, 5.74) is -0.356. The molecule has 3 heteroatoms. The lowest BCUT2D eigenvalue weighted by atomic mass is 9.89. The molecule has 0 radical (unpaired) electrons. The lowest BCUT2D eigenvalue weighted by Gasteiger charge is -2.37. The quantitative estimate of drug-likeness (QED) is 0.637. The van der Waals surface area contributed by atoms with Crippen LogP contribution in [0.3, 0.4) is 0 Å². The van der Waals surface area contributed by atoms with Gasteiger partial charge in [-0.3, -0.25) is 5.32 Å². The Hall–Kier alpha value is -0.560. The summed E-state index contributed by atoms with van der Waals surface area (Å²) in [4.78, 5) is 0. The van der Waals surface area contributed by atoms with E-state index in [2.05, 4.69) is 25.1 Å². The molecule has 0 aromatic carbocycles. The Kier molecular flexibility index (Phi) is 2.73. The first-order valence-corrected chi connectivity index (χ1v) is 4.07. The SMILES string of the molecule is C#C[C@](C)(NC1OCO1)C(C)C. The maximum atomic E-state index is 5.41. The molecule has 1 heterocycles. The molecule has 0 unspecified atom stereocenters. The van der Waals surface area contributed by atoms with Crippen molar-refractivity contribution < 1.29 is 9.47 Å². The van der Waals surface area contributed by atoms with Crippen molar-refractivity contribution in [2.75, 3.05) is 6.79 Å². The van der Waals surface area contributed by atoms with Crippen LogP contribution in [0.4, 0.5) is 0 Å². The lowest BCUT2D eigenvalue weighted by molar-refractivity contribution is -0.338. The minimum atomic E-state index is -0.356. The van der Waals surface area contributed by atoms with E-state index in [9.17, 15) is 0 Å². The standard InChI is InChI=1S/C9H15NO2/c1-5-9(4,7(2)3)10-8-11-6-12-8/h1,7-8,10H,6H2,2-4H3/t9-/m0/s1. The van der Waals surface area contributed by atoms with E-state index in [1.807, 2.05) is 6.92 Å². The van der Waals surface area contributed by atoms with Gasteiger partial charge in [0.15, 0.2) is 6.79 Å². The fourth-order valence-electron chi connectivity index (χ4n) is 0.839. The summed E-state index contributed by atoms with van der Waals surface area (Å²) in [6.07, 6.45) is 5.09. The number of hydrogen-bond donors (Lipinski definition) is 1. The summed E-state index contributed by atoms with van der Waals surface area (Å²) < 4.78 is 10.1. The largest absolute Gasteiger partial charge is 0.313 e. The maximum Gasteiger partial charge on any atom is 0.221 e. The predicted molar refractivity (Wildman–Crippen MR) is 46.0 cm³/mol. The van der Waals surface area contributed by atoms with Crippen molar-refractivity contribution in [3.63, 3.8) is 0 Å². The van der Waals surface area contributed by atoms with Crippen LogP contribution < -0.4 is 5.32 Å². The third kappa shape index (κ3) is 1.78. The molecule has 1 atom stereocenters. The van der Waals surface area contributed by atoms with Gasteiger partial charge >= 0.3 is 0 Å². The summed E-state index contributed by atoms with van der Waals surface area (Å²) in [7, 11) is 0. The Balaban J connectivity index is 2.49. The predicted octanol–water partition coefficient (Wildman–Crippen LogP) is 0.912. The van der Waals surface area contributed by atoms with Crippen LogP contribution in [0.5, 0.6) is 0 Å². The summed E-state index contributed by atoms with van der Waals surface area (Å²) in [6, 6.07) is 0. The second-order valence-corrected chi connectivity index (χ2v) is 3.43. The zero-order chi connectivity index (χ0) is 9.19. The van der Waals surface area contributed by atoms with Gasteiger partial charge in [-0.2, -0.15) is 0 Å². The fourth-order valence-corrected chi connectivity index (χ4v) is 0.839. The molecule has 1 fully saturated rings. The van der Waals surface area contributed by atoms with Crippen molar-refractivity contribution >= 4 is 0 Å². The lowest BCUT2D eigenvalue weighted by Crippen LogP contribution is -2.56. The minimum absolute atomic E-state index is 0.326. The number of rotatable bonds is 3. The second kappa shape index (κ2) is 3.44. The summed E-state index contributed by atoms with van der Waals surface area (Å²) in [5, 5.41) is 3.10. The van der Waals surface area contributed by atoms with Gasteiger partial charge in [0.2, 0.25) is 6.41 Å². The fraction of sp³-hybridized carbons (Fsp3) is 0.778. The highest BCUT2D eigenvalue weighted by Crippen LogP contribution is 2.18. The Labute approximate surface area is 73.4 Å². The van der Waals surface area contributed by atoms with E-state index >= 15 is 0 Å². The van der Waals surface area contributed by atoms with Crippen LogP contribution in [-0.4, -0.2) is 18.7 Å². The molecular weight excluding hydrogens is 154 g/mol. The van der Waals surface area contributed by atoms with Crippen LogP contribution >= 0.6 is 0 Å². The van der Waals surface area contributed by atoms with Gasteiger partial charge < -0.3 is 9.47 Å². The number of hydrogen-bond acceptors (Lipinski definition) is 3. The Morgan fingerprint density at radius 2 is 2.17 bits per heavy atom. The van der Waals surface area contributed by atoms with Crippen molar-refractivity contribution in [1.82, 2.24) is 5.32 Å². The van der Waals surface area contributed by atoms with E-state index in [4.69, 9.17) is 15.9 Å². The first kappa shape index (κ1) is 9.53. The minimum Gasteiger partial charge on any atom is -0.313 e. The molecule has 68 valence electrons. The van der Waals surface area contributed by atoms with Crippen LogP contribution in [-0.2, 0) is 9.47 Å². The van der Waals surface area contributed by atoms with Crippen molar-refractivity contribution in [2.24, 2.45) is 5.92 Å². The van der Waals surface area contributed by atoms with E-state index < -0.39 is 0 Å².